The van der Waals surface area contributed by atoms with Crippen molar-refractivity contribution in [2.45, 2.75) is 11.8 Å². The summed E-state index contributed by atoms with van der Waals surface area (Å²) < 4.78 is 19.2. The van der Waals surface area contributed by atoms with Crippen LogP contribution in [0.2, 0.25) is 0 Å². The van der Waals surface area contributed by atoms with Gasteiger partial charge in [0.2, 0.25) is 0 Å². The Balaban J connectivity index is 1.26. The lowest BCUT2D eigenvalue weighted by atomic mass is 9.62. The van der Waals surface area contributed by atoms with Crippen molar-refractivity contribution in [3.8, 4) is 5.69 Å². The van der Waals surface area contributed by atoms with Gasteiger partial charge < -0.3 is 14.9 Å². The van der Waals surface area contributed by atoms with Crippen LogP contribution in [0.5, 0.6) is 0 Å². The molecule has 0 saturated heterocycles. The largest absolute Gasteiger partial charge is 0.398 e. The Morgan fingerprint density at radius 1 is 0.552 bits per heavy atom. The van der Waals surface area contributed by atoms with Gasteiger partial charge in [0.05, 0.1) is 22.1 Å². The molecule has 2 atom stereocenters. The second kappa shape index (κ2) is 13.3. The predicted molar refractivity (Wildman–Crippen MR) is 242 cm³/mol. The van der Waals surface area contributed by atoms with Crippen molar-refractivity contribution in [2.24, 2.45) is 5.73 Å². The minimum atomic E-state index is -3.46. The zero-order chi connectivity index (χ0) is 38.8. The molecule has 3 nitrogen and oxygen atoms in total. The SMILES string of the molecule is N/C(=C\C(=C/Cc1ccccc1)c1ccc2c(c1)P(=O)(c1ccccc1)c1ccccc1C21c2ccccc2-n2c3ccccc3c3cccc1c32)c1ccccc1. The molecule has 276 valence electrons. The molecule has 0 bridgehead atoms. The van der Waals surface area contributed by atoms with Gasteiger partial charge in [-0.15, -0.1) is 0 Å². The maximum absolute atomic E-state index is 16.8. The van der Waals surface area contributed by atoms with Gasteiger partial charge in [0.25, 0.3) is 0 Å². The molecule has 9 aromatic rings. The fourth-order valence-corrected chi connectivity index (χ4v) is 13.0. The Labute approximate surface area is 338 Å². The van der Waals surface area contributed by atoms with E-state index in [1.54, 1.807) is 0 Å². The molecule has 0 amide bonds. The van der Waals surface area contributed by atoms with Crippen LogP contribution in [0.4, 0.5) is 0 Å². The van der Waals surface area contributed by atoms with Crippen LogP contribution >= 0.6 is 7.14 Å². The molecule has 2 N–H and O–H groups in total. The summed E-state index contributed by atoms with van der Waals surface area (Å²) in [6.45, 7) is 0. The molecule has 0 radical (unpaired) electrons. The van der Waals surface area contributed by atoms with Gasteiger partial charge in [-0.05, 0) is 75.2 Å². The van der Waals surface area contributed by atoms with Crippen LogP contribution in [0.3, 0.4) is 0 Å². The molecular weight excluding hydrogens is 724 g/mol. The first-order chi connectivity index (χ1) is 28.6. The summed E-state index contributed by atoms with van der Waals surface area (Å²) in [5.41, 5.74) is 18.9. The van der Waals surface area contributed by atoms with Gasteiger partial charge in [0, 0.05) is 32.4 Å². The molecule has 2 aliphatic heterocycles. The van der Waals surface area contributed by atoms with E-state index in [2.05, 4.69) is 150 Å². The van der Waals surface area contributed by atoms with Gasteiger partial charge in [0.1, 0.15) is 0 Å². The zero-order valence-electron chi connectivity index (χ0n) is 31.8. The van der Waals surface area contributed by atoms with Gasteiger partial charge in [-0.1, -0.05) is 188 Å². The highest BCUT2D eigenvalue weighted by atomic mass is 31.2. The zero-order valence-corrected chi connectivity index (χ0v) is 32.7. The van der Waals surface area contributed by atoms with Crippen molar-refractivity contribution in [3.63, 3.8) is 0 Å². The van der Waals surface area contributed by atoms with Crippen LogP contribution in [0.25, 0.3) is 38.8 Å². The van der Waals surface area contributed by atoms with Crippen molar-refractivity contribution in [1.82, 2.24) is 4.57 Å². The smallest absolute Gasteiger partial charge is 0.171 e. The van der Waals surface area contributed by atoms with E-state index in [9.17, 15) is 0 Å². The van der Waals surface area contributed by atoms with Crippen LogP contribution in [0.15, 0.2) is 212 Å². The summed E-state index contributed by atoms with van der Waals surface area (Å²) >= 11 is 0. The van der Waals surface area contributed by atoms with E-state index < -0.39 is 12.6 Å². The van der Waals surface area contributed by atoms with Crippen LogP contribution in [0, 0.1) is 0 Å². The van der Waals surface area contributed by atoms with Crippen LogP contribution in [-0.4, -0.2) is 4.57 Å². The Hall–Kier alpha value is -6.93. The summed E-state index contributed by atoms with van der Waals surface area (Å²) in [6, 6.07) is 70.2. The molecule has 11 rings (SSSR count). The molecule has 0 saturated carbocycles. The van der Waals surface area contributed by atoms with E-state index in [1.165, 1.54) is 38.5 Å². The minimum Gasteiger partial charge on any atom is -0.398 e. The number of aromatic nitrogens is 1. The molecule has 0 fully saturated rings. The maximum atomic E-state index is 16.8. The normalized spacial score (nSPS) is 18.2. The maximum Gasteiger partial charge on any atom is 0.171 e. The van der Waals surface area contributed by atoms with Crippen molar-refractivity contribution >= 4 is 56.1 Å². The lowest BCUT2D eigenvalue weighted by molar-refractivity contribution is 0.590. The molecule has 1 aromatic heterocycles. The molecule has 8 aromatic carbocycles. The first-order valence-electron chi connectivity index (χ1n) is 19.9. The number of para-hydroxylation sites is 3. The van der Waals surface area contributed by atoms with Crippen molar-refractivity contribution < 1.29 is 4.57 Å². The van der Waals surface area contributed by atoms with E-state index in [4.69, 9.17) is 5.73 Å². The summed E-state index contributed by atoms with van der Waals surface area (Å²) in [5, 5.41) is 4.97. The van der Waals surface area contributed by atoms with Gasteiger partial charge in [-0.2, -0.15) is 0 Å². The quantitative estimate of drug-likeness (QED) is 0.135. The van der Waals surface area contributed by atoms with Crippen LogP contribution in [-0.2, 0) is 16.4 Å². The number of allylic oxidation sites excluding steroid dienone is 3. The third kappa shape index (κ3) is 4.90. The van der Waals surface area contributed by atoms with Gasteiger partial charge in [-0.25, -0.2) is 0 Å². The van der Waals surface area contributed by atoms with Gasteiger partial charge in [0.15, 0.2) is 7.14 Å². The van der Waals surface area contributed by atoms with Gasteiger partial charge >= 0.3 is 0 Å². The van der Waals surface area contributed by atoms with E-state index in [0.29, 0.717) is 5.70 Å². The first kappa shape index (κ1) is 34.3. The average Bonchev–Trinajstić information content (AvgIpc) is 3.64. The molecule has 2 unspecified atom stereocenters. The Morgan fingerprint density at radius 3 is 1.98 bits per heavy atom. The highest BCUT2D eigenvalue weighted by Crippen LogP contribution is 2.60. The highest BCUT2D eigenvalue weighted by molar-refractivity contribution is 7.85. The molecule has 3 heterocycles. The summed E-state index contributed by atoms with van der Waals surface area (Å²) in [7, 11) is -3.46. The number of fused-ring (bicyclic) bond motifs is 11. The molecule has 1 spiro atoms. The average molecular weight is 763 g/mol. The number of rotatable bonds is 6. The second-order valence-corrected chi connectivity index (χ2v) is 18.0. The van der Waals surface area contributed by atoms with E-state index in [1.807, 2.05) is 66.7 Å². The minimum absolute atomic E-state index is 0.673. The number of nitrogens with zero attached hydrogens (tertiary/aromatic N) is 1. The summed E-state index contributed by atoms with van der Waals surface area (Å²) in [5.74, 6) is 0. The van der Waals surface area contributed by atoms with Crippen molar-refractivity contribution in [1.29, 1.82) is 0 Å². The second-order valence-electron chi connectivity index (χ2n) is 15.3. The van der Waals surface area contributed by atoms with E-state index >= 15 is 4.57 Å². The topological polar surface area (TPSA) is 48.0 Å². The summed E-state index contributed by atoms with van der Waals surface area (Å²) in [4.78, 5) is 0. The Kier molecular flexibility index (Phi) is 7.90. The van der Waals surface area contributed by atoms with Crippen LogP contribution in [0.1, 0.15) is 38.9 Å². The number of benzene rings is 8. The monoisotopic (exact) mass is 762 g/mol. The molecule has 4 heteroatoms. The van der Waals surface area contributed by atoms with Gasteiger partial charge in [-0.3, -0.25) is 0 Å². The standard InChI is InChI=1S/C54H39N2OP/c55-48(38-19-6-2-7-20-38)35-39(32-31-37-17-4-1-5-18-37)40-33-34-46-52(36-40)58(57,41-21-8-3-9-22-41)51-30-15-12-26-45(51)54(46)44-25-11-14-29-50(44)56-49-28-13-10-23-42(49)43-24-16-27-47(54)53(43)56/h1-30,32-36H,31,55H2/b39-32+,48-35-. The van der Waals surface area contributed by atoms with Crippen molar-refractivity contribution in [2.75, 3.05) is 0 Å². The molecule has 0 aliphatic carbocycles. The lowest BCUT2D eigenvalue weighted by Gasteiger charge is -2.47. The number of hydrogen-bond donors (Lipinski definition) is 1. The van der Waals surface area contributed by atoms with E-state index in [-0.39, 0.29) is 0 Å². The van der Waals surface area contributed by atoms with E-state index in [0.717, 1.165) is 55.8 Å². The molecule has 2 aliphatic rings. The number of hydrogen-bond acceptors (Lipinski definition) is 2. The summed E-state index contributed by atoms with van der Waals surface area (Å²) in [6.07, 6.45) is 5.05. The fourth-order valence-electron chi connectivity index (χ4n) is 9.81. The predicted octanol–water partition coefficient (Wildman–Crippen LogP) is 11.1. The Bertz CT molecular complexity index is 3180. The highest BCUT2D eigenvalue weighted by Gasteiger charge is 2.54. The molecule has 58 heavy (non-hydrogen) atoms. The van der Waals surface area contributed by atoms with Crippen LogP contribution < -0.4 is 21.6 Å². The molecular formula is C54H39N2OP. The third-order valence-electron chi connectivity index (χ3n) is 12.3. The lowest BCUT2D eigenvalue weighted by Crippen LogP contribution is -2.48. The Morgan fingerprint density at radius 2 is 1.17 bits per heavy atom. The number of nitrogens with two attached hydrogens (primary N) is 1. The first-order valence-corrected chi connectivity index (χ1v) is 21.6. The third-order valence-corrected chi connectivity index (χ3v) is 15.5. The fraction of sp³-hybridized carbons (Fsp3) is 0.0370. The van der Waals surface area contributed by atoms with Crippen molar-refractivity contribution in [3.05, 3.63) is 251 Å².